The predicted molar refractivity (Wildman–Crippen MR) is 144 cm³/mol. The van der Waals surface area contributed by atoms with Crippen molar-refractivity contribution in [2.75, 3.05) is 13.2 Å². The molecule has 0 bridgehead atoms. The van der Waals surface area contributed by atoms with Crippen LogP contribution in [0, 0.1) is 0 Å². The summed E-state index contributed by atoms with van der Waals surface area (Å²) in [5.41, 5.74) is 0.214. The number of ether oxygens (including phenoxy) is 3. The fourth-order valence-corrected chi connectivity index (χ4v) is 4.37. The van der Waals surface area contributed by atoms with Crippen molar-refractivity contribution in [3.63, 3.8) is 0 Å². The molecule has 0 aliphatic carbocycles. The Bertz CT molecular complexity index is 1280. The van der Waals surface area contributed by atoms with E-state index in [0.717, 1.165) is 0 Å². The molecule has 2 heterocycles. The highest BCUT2D eigenvalue weighted by Gasteiger charge is 2.26. The highest BCUT2D eigenvalue weighted by molar-refractivity contribution is 7.09. The van der Waals surface area contributed by atoms with Crippen LogP contribution in [0.2, 0.25) is 0 Å². The van der Waals surface area contributed by atoms with Crippen LogP contribution >= 0.6 is 11.3 Å². The summed E-state index contributed by atoms with van der Waals surface area (Å²) in [7, 11) is 0. The van der Waals surface area contributed by atoms with E-state index in [4.69, 9.17) is 14.2 Å². The molecule has 2 aromatic heterocycles. The van der Waals surface area contributed by atoms with Gasteiger partial charge in [-0.2, -0.15) is 0 Å². The molecule has 1 amide bonds. The molecule has 3 rings (SSSR count). The second-order valence-electron chi connectivity index (χ2n) is 10.7. The number of thiazole rings is 1. The molecule has 38 heavy (non-hydrogen) atoms. The summed E-state index contributed by atoms with van der Waals surface area (Å²) < 4.78 is 17.7. The van der Waals surface area contributed by atoms with Gasteiger partial charge in [0, 0.05) is 18.3 Å². The molecule has 0 fully saturated rings. The topological polar surface area (TPSA) is 113 Å². The normalized spacial score (nSPS) is 11.9. The lowest BCUT2D eigenvalue weighted by molar-refractivity contribution is 0.0230. The van der Waals surface area contributed by atoms with Gasteiger partial charge in [0.1, 0.15) is 22.0 Å². The van der Waals surface area contributed by atoms with Crippen molar-refractivity contribution in [3.8, 4) is 0 Å². The Labute approximate surface area is 226 Å². The van der Waals surface area contributed by atoms with Gasteiger partial charge in [-0.1, -0.05) is 12.1 Å². The van der Waals surface area contributed by atoms with Gasteiger partial charge in [0.05, 0.1) is 24.2 Å². The minimum Gasteiger partial charge on any atom is -0.461 e. The van der Waals surface area contributed by atoms with E-state index in [1.165, 1.54) is 15.9 Å². The Morgan fingerprint density at radius 2 is 1.68 bits per heavy atom. The minimum absolute atomic E-state index is 0.168. The highest BCUT2D eigenvalue weighted by Crippen LogP contribution is 2.21. The Balaban J connectivity index is 1.79. The smallest absolute Gasteiger partial charge is 0.420 e. The van der Waals surface area contributed by atoms with Crippen LogP contribution in [0.4, 0.5) is 9.59 Å². The Hall–Kier alpha value is -3.47. The maximum Gasteiger partial charge on any atom is 0.420 e. The quantitative estimate of drug-likeness (QED) is 0.257. The average molecular weight is 545 g/mol. The number of hydrogen-bond acceptors (Lipinski definition) is 9. The predicted octanol–water partition coefficient (Wildman–Crippen LogP) is 5.82. The van der Waals surface area contributed by atoms with Gasteiger partial charge in [0.25, 0.3) is 0 Å². The molecule has 11 heteroatoms. The summed E-state index contributed by atoms with van der Waals surface area (Å²) in [5, 5.41) is 2.20. The summed E-state index contributed by atoms with van der Waals surface area (Å²) >= 11 is 1.27. The first-order chi connectivity index (χ1) is 17.8. The van der Waals surface area contributed by atoms with E-state index in [2.05, 4.69) is 9.97 Å². The number of imidazole rings is 1. The van der Waals surface area contributed by atoms with E-state index >= 15 is 0 Å². The van der Waals surface area contributed by atoms with Crippen molar-refractivity contribution in [1.29, 1.82) is 0 Å². The Morgan fingerprint density at radius 1 is 1.00 bits per heavy atom. The van der Waals surface area contributed by atoms with Crippen molar-refractivity contribution >= 4 is 40.5 Å². The maximum atomic E-state index is 13.0. The van der Waals surface area contributed by atoms with Gasteiger partial charge in [-0.15, -0.1) is 11.3 Å². The first-order valence-corrected chi connectivity index (χ1v) is 13.4. The molecular weight excluding hydrogens is 508 g/mol. The number of aromatic nitrogens is 3. The molecule has 0 atom stereocenters. The molecule has 0 saturated carbocycles. The second-order valence-corrected chi connectivity index (χ2v) is 11.6. The second kappa shape index (κ2) is 11.9. The first-order valence-electron chi connectivity index (χ1n) is 12.6. The molecule has 0 aliphatic rings. The molecule has 0 unspecified atom stereocenters. The third-order valence-electron chi connectivity index (χ3n) is 5.05. The van der Waals surface area contributed by atoms with Crippen LogP contribution in [0.3, 0.4) is 0 Å². The molecule has 0 radical (unpaired) electrons. The van der Waals surface area contributed by atoms with Crippen molar-refractivity contribution in [3.05, 3.63) is 46.2 Å². The molecule has 0 spiro atoms. The van der Waals surface area contributed by atoms with Crippen LogP contribution in [-0.2, 0) is 27.2 Å². The van der Waals surface area contributed by atoms with Gasteiger partial charge >= 0.3 is 18.2 Å². The van der Waals surface area contributed by atoms with E-state index in [-0.39, 0.29) is 18.8 Å². The summed E-state index contributed by atoms with van der Waals surface area (Å²) in [5.74, 6) is 0.0447. The number of benzene rings is 1. The third-order valence-corrected chi connectivity index (χ3v) is 5.88. The summed E-state index contributed by atoms with van der Waals surface area (Å²) in [6, 6.07) is 7.38. The standard InChI is InChI=1S/C27H36N4O6S/c1-8-35-23(32)19-17-38-22(29-19)16-30(24(33)36-26(2,3)4)15-11-14-21-28-18-12-9-10-13-20(18)31(21)25(34)37-27(5,6)7/h9-10,12-13,17H,8,11,14-16H2,1-7H3. The lowest BCUT2D eigenvalue weighted by atomic mass is 10.2. The summed E-state index contributed by atoms with van der Waals surface area (Å²) in [4.78, 5) is 48.6. The van der Waals surface area contributed by atoms with Crippen molar-refractivity contribution < 1.29 is 28.6 Å². The van der Waals surface area contributed by atoms with Gasteiger partial charge in [0.2, 0.25) is 0 Å². The van der Waals surface area contributed by atoms with E-state index in [9.17, 15) is 14.4 Å². The zero-order chi connectivity index (χ0) is 28.1. The van der Waals surface area contributed by atoms with Crippen LogP contribution in [0.1, 0.15) is 76.2 Å². The fraction of sp³-hybridized carbons (Fsp3) is 0.519. The number of hydrogen-bond donors (Lipinski definition) is 0. The van der Waals surface area contributed by atoms with Gasteiger partial charge < -0.3 is 19.1 Å². The van der Waals surface area contributed by atoms with Crippen LogP contribution in [0.25, 0.3) is 11.0 Å². The van der Waals surface area contributed by atoms with Gasteiger partial charge in [-0.05, 0) is 67.0 Å². The van der Waals surface area contributed by atoms with E-state index in [0.29, 0.717) is 41.3 Å². The zero-order valence-electron chi connectivity index (χ0n) is 23.1. The Kier molecular flexibility index (Phi) is 9.14. The molecule has 206 valence electrons. The van der Waals surface area contributed by atoms with E-state index < -0.39 is 29.4 Å². The minimum atomic E-state index is -0.682. The number of para-hydroxylation sites is 2. The lowest BCUT2D eigenvalue weighted by Crippen LogP contribution is -2.37. The van der Waals surface area contributed by atoms with E-state index in [1.807, 2.05) is 45.0 Å². The summed E-state index contributed by atoms with van der Waals surface area (Å²) in [6.45, 7) is 13.3. The lowest BCUT2D eigenvalue weighted by Gasteiger charge is -2.27. The van der Waals surface area contributed by atoms with Crippen molar-refractivity contribution in [1.82, 2.24) is 19.4 Å². The molecular formula is C27H36N4O6S. The maximum absolute atomic E-state index is 13.0. The molecule has 0 N–H and O–H groups in total. The largest absolute Gasteiger partial charge is 0.461 e. The number of fused-ring (bicyclic) bond motifs is 1. The number of rotatable bonds is 8. The number of esters is 1. The van der Waals surface area contributed by atoms with Crippen LogP contribution < -0.4 is 0 Å². The van der Waals surface area contributed by atoms with Crippen LogP contribution in [0.15, 0.2) is 29.6 Å². The average Bonchev–Trinajstić information content (AvgIpc) is 3.40. The molecule has 1 aromatic carbocycles. The first kappa shape index (κ1) is 29.1. The monoisotopic (exact) mass is 544 g/mol. The number of carbonyl (C=O) groups is 3. The van der Waals surface area contributed by atoms with Crippen LogP contribution in [-0.4, -0.2) is 61.9 Å². The number of nitrogens with zero attached hydrogens (tertiary/aromatic N) is 4. The van der Waals surface area contributed by atoms with Gasteiger partial charge in [0.15, 0.2) is 5.69 Å². The number of amides is 1. The molecule has 10 nitrogen and oxygen atoms in total. The SMILES string of the molecule is CCOC(=O)c1csc(CN(CCCc2nc3ccccc3n2C(=O)OC(C)(C)C)C(=O)OC(C)(C)C)n1. The van der Waals surface area contributed by atoms with E-state index in [1.54, 1.807) is 38.0 Å². The van der Waals surface area contributed by atoms with Crippen molar-refractivity contribution in [2.24, 2.45) is 0 Å². The van der Waals surface area contributed by atoms with Crippen LogP contribution in [0.5, 0.6) is 0 Å². The number of aryl methyl sites for hydroxylation is 1. The van der Waals surface area contributed by atoms with Gasteiger partial charge in [-0.25, -0.2) is 28.9 Å². The molecule has 3 aromatic rings. The Morgan fingerprint density at radius 3 is 2.34 bits per heavy atom. The molecule has 0 saturated heterocycles. The third kappa shape index (κ3) is 8.01. The van der Waals surface area contributed by atoms with Gasteiger partial charge in [-0.3, -0.25) is 0 Å². The number of carbonyl (C=O) groups excluding carboxylic acids is 3. The zero-order valence-corrected chi connectivity index (χ0v) is 23.9. The van der Waals surface area contributed by atoms with Crippen molar-refractivity contribution in [2.45, 2.75) is 79.1 Å². The molecule has 0 aliphatic heterocycles. The fourth-order valence-electron chi connectivity index (χ4n) is 3.59. The highest BCUT2D eigenvalue weighted by atomic mass is 32.1. The summed E-state index contributed by atoms with van der Waals surface area (Å²) in [6.07, 6.45) is -0.0776.